The van der Waals surface area contributed by atoms with Gasteiger partial charge in [0.15, 0.2) is 0 Å². The summed E-state index contributed by atoms with van der Waals surface area (Å²) in [6.45, 7) is 1.60. The molecule has 0 aliphatic heterocycles. The molecule has 0 fully saturated rings. The zero-order chi connectivity index (χ0) is 21.6. The molecule has 2 aromatic rings. The molecule has 2 rings (SSSR count). The summed E-state index contributed by atoms with van der Waals surface area (Å²) in [5.41, 5.74) is 15.3. The Hall–Kier alpha value is -3.75. The first-order chi connectivity index (χ1) is 14.6. The van der Waals surface area contributed by atoms with Crippen molar-refractivity contribution in [3.05, 3.63) is 70.1 Å². The summed E-state index contributed by atoms with van der Waals surface area (Å²) < 4.78 is 5.52. The van der Waals surface area contributed by atoms with Gasteiger partial charge in [0.05, 0.1) is 18.7 Å². The number of rotatable bonds is 11. The van der Waals surface area contributed by atoms with Crippen molar-refractivity contribution in [3.8, 4) is 5.75 Å². The number of azide groups is 1. The van der Waals surface area contributed by atoms with E-state index in [0.29, 0.717) is 49.7 Å². The number of hydrogen-bond donors (Lipinski definition) is 2. The van der Waals surface area contributed by atoms with Gasteiger partial charge in [0.25, 0.3) is 11.8 Å². The molecular formula is C20H23N7O3. The molecule has 0 radical (unpaired) electrons. The van der Waals surface area contributed by atoms with Crippen molar-refractivity contribution in [2.24, 2.45) is 21.1 Å². The van der Waals surface area contributed by atoms with Crippen LogP contribution in [0.5, 0.6) is 5.75 Å². The lowest BCUT2D eigenvalue weighted by molar-refractivity contribution is -0.117. The summed E-state index contributed by atoms with van der Waals surface area (Å²) in [5, 5.41) is 13.7. The minimum absolute atomic E-state index is 0.111. The highest BCUT2D eigenvalue weighted by atomic mass is 16.5. The van der Waals surface area contributed by atoms with E-state index in [1.54, 1.807) is 48.5 Å². The molecule has 0 unspecified atom stereocenters. The summed E-state index contributed by atoms with van der Waals surface area (Å²) in [4.78, 5) is 26.5. The van der Waals surface area contributed by atoms with Gasteiger partial charge in [0, 0.05) is 30.1 Å². The minimum atomic E-state index is -0.386. The number of azo groups is 1. The number of nitrogens with two attached hydrogens (primary N) is 1. The summed E-state index contributed by atoms with van der Waals surface area (Å²) in [5.74, 6) is 0.0651. The molecule has 2 aromatic carbocycles. The highest BCUT2D eigenvalue weighted by Crippen LogP contribution is 2.15. The molecule has 0 bridgehead atoms. The van der Waals surface area contributed by atoms with E-state index in [2.05, 4.69) is 25.6 Å². The number of carbonyl (C=O) groups is 2. The van der Waals surface area contributed by atoms with E-state index in [9.17, 15) is 9.59 Å². The van der Waals surface area contributed by atoms with Crippen molar-refractivity contribution >= 4 is 17.5 Å². The van der Waals surface area contributed by atoms with Crippen LogP contribution >= 0.6 is 0 Å². The number of amides is 2. The van der Waals surface area contributed by atoms with Crippen LogP contribution in [0.25, 0.3) is 10.4 Å². The molecule has 0 saturated carbocycles. The molecule has 0 aliphatic rings. The molecule has 2 amide bonds. The Morgan fingerprint density at radius 3 is 2.50 bits per heavy atom. The van der Waals surface area contributed by atoms with Gasteiger partial charge >= 0.3 is 0 Å². The van der Waals surface area contributed by atoms with Crippen molar-refractivity contribution in [1.29, 1.82) is 0 Å². The predicted octanol–water partition coefficient (Wildman–Crippen LogP) is 3.31. The third-order valence-electron chi connectivity index (χ3n) is 3.85. The predicted molar refractivity (Wildman–Crippen MR) is 112 cm³/mol. The number of nitrogens with zero attached hydrogens (tertiary/aromatic N) is 5. The molecule has 0 aromatic heterocycles. The third-order valence-corrected chi connectivity index (χ3v) is 3.85. The Bertz CT molecular complexity index is 905. The van der Waals surface area contributed by atoms with E-state index >= 15 is 0 Å². The largest absolute Gasteiger partial charge is 0.494 e. The molecule has 0 spiro atoms. The zero-order valence-electron chi connectivity index (χ0n) is 16.4. The number of nitrogens with one attached hydrogen (secondary N) is 1. The van der Waals surface area contributed by atoms with Gasteiger partial charge in [-0.3, -0.25) is 9.59 Å². The molecule has 3 N–H and O–H groups in total. The van der Waals surface area contributed by atoms with Crippen LogP contribution in [-0.2, 0) is 11.2 Å². The third kappa shape index (κ3) is 8.09. The van der Waals surface area contributed by atoms with Gasteiger partial charge in [-0.25, -0.2) is 0 Å². The van der Waals surface area contributed by atoms with Crippen LogP contribution in [-0.4, -0.2) is 38.1 Å². The van der Waals surface area contributed by atoms with Gasteiger partial charge in [-0.05, 0) is 53.9 Å². The quantitative estimate of drug-likeness (QED) is 0.253. The molecule has 0 heterocycles. The fraction of sp³-hybridized carbons (Fsp3) is 0.300. The van der Waals surface area contributed by atoms with E-state index in [1.165, 1.54) is 0 Å². The highest BCUT2D eigenvalue weighted by Gasteiger charge is 2.05. The molecule has 0 aliphatic carbocycles. The fourth-order valence-electron chi connectivity index (χ4n) is 2.36. The second kappa shape index (κ2) is 12.7. The number of carbonyl (C=O) groups excluding carboxylic acids is 2. The maximum absolute atomic E-state index is 12.0. The van der Waals surface area contributed by atoms with Crippen LogP contribution in [0.1, 0.15) is 22.3 Å². The Balaban J connectivity index is 1.81. The van der Waals surface area contributed by atoms with Crippen LogP contribution < -0.4 is 15.8 Å². The number of hydrogen-bond acceptors (Lipinski definition) is 6. The van der Waals surface area contributed by atoms with Crippen molar-refractivity contribution < 1.29 is 14.3 Å². The van der Waals surface area contributed by atoms with E-state index in [4.69, 9.17) is 16.0 Å². The van der Waals surface area contributed by atoms with Gasteiger partial charge in [-0.15, -0.1) is 10.2 Å². The molecule has 30 heavy (non-hydrogen) atoms. The fourth-order valence-corrected chi connectivity index (χ4v) is 2.36. The van der Waals surface area contributed by atoms with E-state index in [-0.39, 0.29) is 18.2 Å². The van der Waals surface area contributed by atoms with Gasteiger partial charge in [0.2, 0.25) is 0 Å². The average Bonchev–Trinajstić information content (AvgIpc) is 2.77. The summed E-state index contributed by atoms with van der Waals surface area (Å²) >= 11 is 0. The lowest BCUT2D eigenvalue weighted by atomic mass is 10.1. The van der Waals surface area contributed by atoms with Crippen LogP contribution in [0.15, 0.2) is 63.9 Å². The SMILES string of the molecule is [N-]=[N+]=NCCCOc1ccc(CC(=O)N=Nc2ccc(C(=O)NCCN)cc2)cc1. The molecule has 10 nitrogen and oxygen atoms in total. The molecule has 0 atom stereocenters. The molecule has 0 saturated heterocycles. The topological polar surface area (TPSA) is 155 Å². The molecular weight excluding hydrogens is 386 g/mol. The number of ether oxygens (including phenoxy) is 1. The van der Waals surface area contributed by atoms with Crippen LogP contribution in [0.4, 0.5) is 5.69 Å². The monoisotopic (exact) mass is 409 g/mol. The summed E-state index contributed by atoms with van der Waals surface area (Å²) in [6.07, 6.45) is 0.740. The number of benzene rings is 2. The van der Waals surface area contributed by atoms with Gasteiger partial charge in [-0.1, -0.05) is 17.2 Å². The first-order valence-electron chi connectivity index (χ1n) is 9.38. The Labute approximate surface area is 173 Å². The van der Waals surface area contributed by atoms with Crippen molar-refractivity contribution in [2.45, 2.75) is 12.8 Å². The maximum Gasteiger partial charge on any atom is 0.269 e. The lowest BCUT2D eigenvalue weighted by Crippen LogP contribution is -2.28. The van der Waals surface area contributed by atoms with Crippen LogP contribution in [0.2, 0.25) is 0 Å². The Morgan fingerprint density at radius 2 is 1.83 bits per heavy atom. The second-order valence-electron chi connectivity index (χ2n) is 6.16. The first-order valence-corrected chi connectivity index (χ1v) is 9.38. The summed E-state index contributed by atoms with van der Waals surface area (Å²) in [7, 11) is 0. The molecule has 156 valence electrons. The van der Waals surface area contributed by atoms with Gasteiger partial charge in [-0.2, -0.15) is 0 Å². The highest BCUT2D eigenvalue weighted by molar-refractivity contribution is 5.94. The minimum Gasteiger partial charge on any atom is -0.494 e. The van der Waals surface area contributed by atoms with Crippen molar-refractivity contribution in [1.82, 2.24) is 5.32 Å². The first kappa shape index (κ1) is 22.5. The van der Waals surface area contributed by atoms with Crippen LogP contribution in [0.3, 0.4) is 0 Å². The maximum atomic E-state index is 12.0. The van der Waals surface area contributed by atoms with Crippen LogP contribution in [0, 0.1) is 0 Å². The lowest BCUT2D eigenvalue weighted by Gasteiger charge is -2.05. The van der Waals surface area contributed by atoms with Gasteiger partial charge < -0.3 is 15.8 Å². The Morgan fingerprint density at radius 1 is 1.10 bits per heavy atom. The van der Waals surface area contributed by atoms with E-state index in [1.807, 2.05) is 0 Å². The second-order valence-corrected chi connectivity index (χ2v) is 6.16. The van der Waals surface area contributed by atoms with E-state index in [0.717, 1.165) is 5.56 Å². The Kier molecular flexibility index (Phi) is 9.51. The normalized spacial score (nSPS) is 10.4. The standard InChI is InChI=1S/C20H23N7O3/c21-10-12-23-20(29)16-4-6-17(7-5-16)25-26-19(28)14-15-2-8-18(9-3-15)30-13-1-11-24-27-22/h2-9H,1,10-14,21H2,(H,23,29). The smallest absolute Gasteiger partial charge is 0.269 e. The van der Waals surface area contributed by atoms with Crippen molar-refractivity contribution in [3.63, 3.8) is 0 Å². The summed E-state index contributed by atoms with van der Waals surface area (Å²) in [6, 6.07) is 13.5. The zero-order valence-corrected chi connectivity index (χ0v) is 16.4. The molecule has 10 heteroatoms. The average molecular weight is 409 g/mol. The van der Waals surface area contributed by atoms with Crippen molar-refractivity contribution in [2.75, 3.05) is 26.2 Å². The van der Waals surface area contributed by atoms with E-state index < -0.39 is 0 Å². The van der Waals surface area contributed by atoms with Gasteiger partial charge in [0.1, 0.15) is 5.75 Å².